The Kier molecular flexibility index (Phi) is 2.78. The van der Waals surface area contributed by atoms with Crippen LogP contribution in [0.15, 0.2) is 23.1 Å². The zero-order valence-corrected chi connectivity index (χ0v) is 7.54. The van der Waals surface area contributed by atoms with E-state index in [2.05, 4.69) is 0 Å². The van der Waals surface area contributed by atoms with Crippen LogP contribution in [0.3, 0.4) is 0 Å². The molecule has 0 aliphatic carbocycles. The molecule has 0 bridgehead atoms. The standard InChI is InChI=1S/C8H4O5S/c9-4-6-1-7(5-10)3-8(2-6)14(11,12)13/h1-3H,(H,11,12,13). The third kappa shape index (κ3) is 2.24. The average Bonchev–Trinajstić information content (AvgIpc) is 2.15. The Bertz CT molecular complexity index is 448. The molecule has 2 radical (unpaired) electrons. The lowest BCUT2D eigenvalue weighted by atomic mass is 10.1. The molecule has 0 fully saturated rings. The summed E-state index contributed by atoms with van der Waals surface area (Å²) in [6, 6.07) is 2.92. The molecule has 72 valence electrons. The molecule has 14 heavy (non-hydrogen) atoms. The Balaban J connectivity index is 3.46. The predicted molar refractivity (Wildman–Crippen MR) is 45.8 cm³/mol. The lowest BCUT2D eigenvalue weighted by Crippen LogP contribution is -2.00. The monoisotopic (exact) mass is 212 g/mol. The van der Waals surface area contributed by atoms with Crippen molar-refractivity contribution in [3.8, 4) is 0 Å². The van der Waals surface area contributed by atoms with Crippen molar-refractivity contribution in [1.82, 2.24) is 0 Å². The summed E-state index contributed by atoms with van der Waals surface area (Å²) < 4.78 is 30.0. The van der Waals surface area contributed by atoms with Gasteiger partial charge in [0.25, 0.3) is 10.1 Å². The third-order valence-corrected chi connectivity index (χ3v) is 2.27. The Morgan fingerprint density at radius 3 is 1.71 bits per heavy atom. The van der Waals surface area contributed by atoms with E-state index in [9.17, 15) is 18.0 Å². The van der Waals surface area contributed by atoms with Gasteiger partial charge in [0.05, 0.1) is 4.90 Å². The van der Waals surface area contributed by atoms with Gasteiger partial charge in [-0.15, -0.1) is 0 Å². The van der Waals surface area contributed by atoms with E-state index in [1.165, 1.54) is 12.6 Å². The first-order chi connectivity index (χ1) is 6.47. The minimum absolute atomic E-state index is 0.140. The highest BCUT2D eigenvalue weighted by atomic mass is 32.2. The lowest BCUT2D eigenvalue weighted by Gasteiger charge is -1.98. The van der Waals surface area contributed by atoms with Gasteiger partial charge < -0.3 is 0 Å². The van der Waals surface area contributed by atoms with Crippen molar-refractivity contribution in [3.05, 3.63) is 29.3 Å². The smallest absolute Gasteiger partial charge is 0.285 e. The Morgan fingerprint density at radius 1 is 1.00 bits per heavy atom. The van der Waals surface area contributed by atoms with Gasteiger partial charge in [-0.1, -0.05) is 0 Å². The molecule has 1 N–H and O–H groups in total. The second-order valence-corrected chi connectivity index (χ2v) is 3.85. The maximum Gasteiger partial charge on any atom is 0.294 e. The summed E-state index contributed by atoms with van der Waals surface area (Å²) in [5.41, 5.74) is -0.281. The van der Waals surface area contributed by atoms with E-state index in [1.807, 2.05) is 0 Å². The van der Waals surface area contributed by atoms with Crippen molar-refractivity contribution in [2.75, 3.05) is 0 Å². The SMILES string of the molecule is O=[C]c1cc([C]=O)cc(S(=O)(=O)O)c1. The van der Waals surface area contributed by atoms with Gasteiger partial charge >= 0.3 is 0 Å². The van der Waals surface area contributed by atoms with Crippen LogP contribution in [0, 0.1) is 0 Å². The molecule has 1 rings (SSSR count). The van der Waals surface area contributed by atoms with Crippen LogP contribution in [0.2, 0.25) is 0 Å². The molecule has 5 nitrogen and oxygen atoms in total. The molecule has 0 unspecified atom stereocenters. The largest absolute Gasteiger partial charge is 0.294 e. The number of benzene rings is 1. The van der Waals surface area contributed by atoms with Crippen molar-refractivity contribution in [2.45, 2.75) is 4.90 Å². The number of hydrogen-bond donors (Lipinski definition) is 1. The van der Waals surface area contributed by atoms with Crippen LogP contribution in [0.1, 0.15) is 11.1 Å². The molecule has 0 saturated carbocycles. The average molecular weight is 212 g/mol. The molecule has 0 heterocycles. The molecule has 6 heteroatoms. The fourth-order valence-electron chi connectivity index (χ4n) is 0.866. The highest BCUT2D eigenvalue weighted by Gasteiger charge is 2.12. The minimum atomic E-state index is -4.43. The maximum absolute atomic E-state index is 10.7. The van der Waals surface area contributed by atoms with Crippen LogP contribution in [0.5, 0.6) is 0 Å². The lowest BCUT2D eigenvalue weighted by molar-refractivity contribution is 0.483. The van der Waals surface area contributed by atoms with Gasteiger partial charge in [0.15, 0.2) is 0 Å². The summed E-state index contributed by atoms with van der Waals surface area (Å²) in [5.74, 6) is 0. The second-order valence-electron chi connectivity index (χ2n) is 2.43. The van der Waals surface area contributed by atoms with Gasteiger partial charge in [-0.2, -0.15) is 8.42 Å². The first kappa shape index (κ1) is 10.6. The van der Waals surface area contributed by atoms with Crippen molar-refractivity contribution in [3.63, 3.8) is 0 Å². The molecular weight excluding hydrogens is 208 g/mol. The second kappa shape index (κ2) is 3.69. The molecule has 0 saturated heterocycles. The first-order valence-electron chi connectivity index (χ1n) is 3.36. The quantitative estimate of drug-likeness (QED) is 0.704. The van der Waals surface area contributed by atoms with Crippen LogP contribution in [-0.2, 0) is 19.7 Å². The van der Waals surface area contributed by atoms with Crippen LogP contribution < -0.4 is 0 Å². The molecule has 1 aromatic rings. The van der Waals surface area contributed by atoms with Gasteiger partial charge in [0, 0.05) is 11.1 Å². The van der Waals surface area contributed by atoms with Crippen LogP contribution in [-0.4, -0.2) is 25.5 Å². The number of carbonyl (C=O) groups excluding carboxylic acids is 2. The molecule has 0 aliphatic heterocycles. The van der Waals surface area contributed by atoms with E-state index >= 15 is 0 Å². The molecular formula is C8H4O5S. The van der Waals surface area contributed by atoms with E-state index in [0.29, 0.717) is 0 Å². The summed E-state index contributed by atoms with van der Waals surface area (Å²) in [4.78, 5) is 19.9. The van der Waals surface area contributed by atoms with E-state index < -0.39 is 15.0 Å². The zero-order valence-electron chi connectivity index (χ0n) is 6.72. The summed E-state index contributed by atoms with van der Waals surface area (Å²) in [5, 5.41) is 0. The van der Waals surface area contributed by atoms with Crippen LogP contribution in [0.25, 0.3) is 0 Å². The van der Waals surface area contributed by atoms with Gasteiger partial charge in [-0.25, -0.2) is 0 Å². The molecule has 1 aromatic carbocycles. The molecule has 0 amide bonds. The van der Waals surface area contributed by atoms with Crippen molar-refractivity contribution in [2.24, 2.45) is 0 Å². The molecule has 0 aliphatic rings. The van der Waals surface area contributed by atoms with Crippen molar-refractivity contribution in [1.29, 1.82) is 0 Å². The highest BCUT2D eigenvalue weighted by molar-refractivity contribution is 7.85. The predicted octanol–water partition coefficient (Wildman–Crippen LogP) is -0.151. The topological polar surface area (TPSA) is 88.5 Å². The molecule has 0 spiro atoms. The van der Waals surface area contributed by atoms with Crippen molar-refractivity contribution >= 4 is 22.7 Å². The first-order valence-corrected chi connectivity index (χ1v) is 4.80. The van der Waals surface area contributed by atoms with Gasteiger partial charge in [-0.3, -0.25) is 14.1 Å². The van der Waals surface area contributed by atoms with Crippen LogP contribution in [0.4, 0.5) is 0 Å². The van der Waals surface area contributed by atoms with Gasteiger partial charge in [0.1, 0.15) is 0 Å². The van der Waals surface area contributed by atoms with Gasteiger partial charge in [0.2, 0.25) is 12.6 Å². The summed E-state index contributed by atoms with van der Waals surface area (Å²) in [6.07, 6.45) is 2.82. The fraction of sp³-hybridized carbons (Fsp3) is 0. The normalized spacial score (nSPS) is 10.9. The molecule has 0 aromatic heterocycles. The minimum Gasteiger partial charge on any atom is -0.285 e. The summed E-state index contributed by atoms with van der Waals surface area (Å²) in [7, 11) is -4.43. The highest BCUT2D eigenvalue weighted by Crippen LogP contribution is 2.12. The van der Waals surface area contributed by atoms with Crippen molar-refractivity contribution < 1.29 is 22.6 Å². The number of hydrogen-bond acceptors (Lipinski definition) is 4. The molecule has 0 atom stereocenters. The third-order valence-electron chi connectivity index (χ3n) is 1.44. The van der Waals surface area contributed by atoms with E-state index in [1.54, 1.807) is 0 Å². The van der Waals surface area contributed by atoms with E-state index in [0.717, 1.165) is 18.2 Å². The Labute approximate surface area is 80.1 Å². The van der Waals surface area contributed by atoms with Crippen LogP contribution >= 0.6 is 0 Å². The Hall–Kier alpha value is -1.53. The van der Waals surface area contributed by atoms with Gasteiger partial charge in [-0.05, 0) is 18.2 Å². The number of rotatable bonds is 3. The summed E-state index contributed by atoms with van der Waals surface area (Å²) in [6.45, 7) is 0. The fourth-order valence-corrected chi connectivity index (χ4v) is 1.42. The maximum atomic E-state index is 10.7. The summed E-state index contributed by atoms with van der Waals surface area (Å²) >= 11 is 0. The van der Waals surface area contributed by atoms with E-state index in [4.69, 9.17) is 4.55 Å². The Morgan fingerprint density at radius 2 is 1.43 bits per heavy atom. The van der Waals surface area contributed by atoms with E-state index in [-0.39, 0.29) is 11.1 Å². The zero-order chi connectivity index (χ0) is 10.8.